The second-order valence-corrected chi connectivity index (χ2v) is 11.4. The van der Waals surface area contributed by atoms with Gasteiger partial charge in [0.15, 0.2) is 0 Å². The molecule has 0 aromatic heterocycles. The van der Waals surface area contributed by atoms with Crippen LogP contribution in [0, 0.1) is 12.7 Å². The SMILES string of the molecule is CSc1ccc(S(=O)(=O)N(CC(=O)NCCSCc2ccc(C)cc2)c2cccc(F)c2)cc1. The van der Waals surface area contributed by atoms with Gasteiger partial charge in [-0.25, -0.2) is 12.8 Å². The molecule has 3 aromatic carbocycles. The van der Waals surface area contributed by atoms with E-state index in [2.05, 4.69) is 29.6 Å². The van der Waals surface area contributed by atoms with E-state index in [0.29, 0.717) is 12.3 Å². The number of thioether (sulfide) groups is 2. The molecular weight excluding hydrogens is 491 g/mol. The molecule has 0 fully saturated rings. The van der Waals surface area contributed by atoms with E-state index in [1.54, 1.807) is 23.9 Å². The number of nitrogens with zero attached hydrogens (tertiary/aromatic N) is 1. The Labute approximate surface area is 209 Å². The molecule has 3 aromatic rings. The number of hydrogen-bond acceptors (Lipinski definition) is 5. The van der Waals surface area contributed by atoms with Crippen molar-refractivity contribution >= 4 is 45.1 Å². The molecule has 0 unspecified atom stereocenters. The Hall–Kier alpha value is -2.49. The van der Waals surface area contributed by atoms with Crippen molar-refractivity contribution < 1.29 is 17.6 Å². The van der Waals surface area contributed by atoms with Crippen LogP contribution in [0.3, 0.4) is 0 Å². The van der Waals surface area contributed by atoms with Crippen LogP contribution in [-0.4, -0.2) is 39.4 Å². The summed E-state index contributed by atoms with van der Waals surface area (Å²) in [6.45, 7) is 1.99. The molecule has 5 nitrogen and oxygen atoms in total. The summed E-state index contributed by atoms with van der Waals surface area (Å²) >= 11 is 3.17. The van der Waals surface area contributed by atoms with Gasteiger partial charge in [-0.15, -0.1) is 11.8 Å². The number of halogens is 1. The van der Waals surface area contributed by atoms with E-state index in [0.717, 1.165) is 21.0 Å². The molecule has 0 saturated carbocycles. The normalized spacial score (nSPS) is 11.3. The highest BCUT2D eigenvalue weighted by molar-refractivity contribution is 7.98. The summed E-state index contributed by atoms with van der Waals surface area (Å²) in [4.78, 5) is 13.6. The first-order valence-corrected chi connectivity index (χ1v) is 14.4. The van der Waals surface area contributed by atoms with Crippen LogP contribution in [0.5, 0.6) is 0 Å². The lowest BCUT2D eigenvalue weighted by Gasteiger charge is -2.24. The number of benzene rings is 3. The third kappa shape index (κ3) is 7.25. The van der Waals surface area contributed by atoms with Gasteiger partial charge in [-0.3, -0.25) is 9.10 Å². The summed E-state index contributed by atoms with van der Waals surface area (Å²) in [5.41, 5.74) is 2.51. The highest BCUT2D eigenvalue weighted by atomic mass is 32.2. The molecule has 0 atom stereocenters. The van der Waals surface area contributed by atoms with E-state index < -0.39 is 28.3 Å². The van der Waals surface area contributed by atoms with E-state index in [4.69, 9.17) is 0 Å². The van der Waals surface area contributed by atoms with E-state index in [1.165, 1.54) is 53.2 Å². The summed E-state index contributed by atoms with van der Waals surface area (Å²) in [5, 5.41) is 2.77. The summed E-state index contributed by atoms with van der Waals surface area (Å²) in [6.07, 6.45) is 1.89. The maximum Gasteiger partial charge on any atom is 0.264 e. The first kappa shape index (κ1) is 26.1. The number of sulfonamides is 1. The van der Waals surface area contributed by atoms with E-state index in [-0.39, 0.29) is 10.6 Å². The average Bonchev–Trinajstić information content (AvgIpc) is 2.83. The first-order valence-electron chi connectivity index (χ1n) is 10.6. The fourth-order valence-electron chi connectivity index (χ4n) is 3.14. The van der Waals surface area contributed by atoms with Crippen molar-refractivity contribution in [3.63, 3.8) is 0 Å². The fraction of sp³-hybridized carbons (Fsp3) is 0.240. The second kappa shape index (κ2) is 12.3. The van der Waals surface area contributed by atoms with Gasteiger partial charge in [0.25, 0.3) is 10.0 Å². The summed E-state index contributed by atoms with van der Waals surface area (Å²) in [5.74, 6) is 0.474. The monoisotopic (exact) mass is 518 g/mol. The van der Waals surface area contributed by atoms with Gasteiger partial charge in [0.05, 0.1) is 10.6 Å². The van der Waals surface area contributed by atoms with Gasteiger partial charge in [0, 0.05) is 22.9 Å². The molecule has 0 radical (unpaired) electrons. The number of hydrogen-bond donors (Lipinski definition) is 1. The van der Waals surface area contributed by atoms with Crippen LogP contribution in [-0.2, 0) is 20.6 Å². The van der Waals surface area contributed by atoms with Gasteiger partial charge in [0.2, 0.25) is 5.91 Å². The number of aryl methyl sites for hydroxylation is 1. The Morgan fingerprint density at radius 2 is 1.74 bits per heavy atom. The number of anilines is 1. The molecule has 9 heteroatoms. The Kier molecular flexibility index (Phi) is 9.44. The van der Waals surface area contributed by atoms with Crippen LogP contribution < -0.4 is 9.62 Å². The molecular formula is C25H27FN2O3S3. The Bertz CT molecular complexity index is 1200. The molecule has 0 aliphatic carbocycles. The van der Waals surface area contributed by atoms with Crippen LogP contribution in [0.15, 0.2) is 82.6 Å². The molecule has 180 valence electrons. The topological polar surface area (TPSA) is 66.5 Å². The molecule has 0 saturated heterocycles. The molecule has 34 heavy (non-hydrogen) atoms. The molecule has 1 N–H and O–H groups in total. The molecule has 1 amide bonds. The van der Waals surface area contributed by atoms with Crippen LogP contribution in [0.4, 0.5) is 10.1 Å². The van der Waals surface area contributed by atoms with Gasteiger partial charge < -0.3 is 5.32 Å². The van der Waals surface area contributed by atoms with E-state index in [9.17, 15) is 17.6 Å². The Balaban J connectivity index is 1.65. The number of rotatable bonds is 11. The Morgan fingerprint density at radius 3 is 2.38 bits per heavy atom. The minimum absolute atomic E-state index is 0.0380. The van der Waals surface area contributed by atoms with Crippen molar-refractivity contribution in [1.82, 2.24) is 5.32 Å². The van der Waals surface area contributed by atoms with E-state index >= 15 is 0 Å². The predicted octanol–water partition coefficient (Wildman–Crippen LogP) is 5.10. The van der Waals surface area contributed by atoms with Crippen molar-refractivity contribution in [2.45, 2.75) is 22.5 Å². The van der Waals surface area contributed by atoms with Gasteiger partial charge in [-0.05, 0) is 61.2 Å². The number of carbonyl (C=O) groups is 1. The second-order valence-electron chi connectivity index (χ2n) is 7.56. The summed E-state index contributed by atoms with van der Waals surface area (Å²) in [7, 11) is -4.07. The zero-order valence-corrected chi connectivity index (χ0v) is 21.5. The van der Waals surface area contributed by atoms with Crippen LogP contribution in [0.2, 0.25) is 0 Å². The highest BCUT2D eigenvalue weighted by Crippen LogP contribution is 2.26. The van der Waals surface area contributed by atoms with Crippen molar-refractivity contribution in [2.24, 2.45) is 0 Å². The lowest BCUT2D eigenvalue weighted by atomic mass is 10.2. The largest absolute Gasteiger partial charge is 0.354 e. The van der Waals surface area contributed by atoms with Crippen LogP contribution in [0.25, 0.3) is 0 Å². The van der Waals surface area contributed by atoms with E-state index in [1.807, 2.05) is 13.2 Å². The fourth-order valence-corrected chi connectivity index (χ4v) is 5.78. The molecule has 0 spiro atoms. The number of amides is 1. The predicted molar refractivity (Wildman–Crippen MR) is 140 cm³/mol. The van der Waals surface area contributed by atoms with Gasteiger partial charge in [-0.1, -0.05) is 35.9 Å². The third-order valence-electron chi connectivity index (χ3n) is 4.99. The average molecular weight is 519 g/mol. The lowest BCUT2D eigenvalue weighted by Crippen LogP contribution is -2.41. The van der Waals surface area contributed by atoms with Gasteiger partial charge in [-0.2, -0.15) is 11.8 Å². The zero-order valence-electron chi connectivity index (χ0n) is 19.0. The quantitative estimate of drug-likeness (QED) is 0.283. The molecule has 0 bridgehead atoms. The molecule has 0 aliphatic heterocycles. The first-order chi connectivity index (χ1) is 16.3. The standard InChI is InChI=1S/C25H27FN2O3S3/c1-19-6-8-20(9-7-19)18-33-15-14-27-25(29)17-28(22-5-3-4-21(26)16-22)34(30,31)24-12-10-23(32-2)11-13-24/h3-13,16H,14-15,17-18H2,1-2H3,(H,27,29). The molecule has 0 aliphatic rings. The third-order valence-corrected chi connectivity index (χ3v) is 8.55. The number of carbonyl (C=O) groups excluding carboxylic acids is 1. The van der Waals surface area contributed by atoms with Gasteiger partial charge in [0.1, 0.15) is 12.4 Å². The minimum Gasteiger partial charge on any atom is -0.354 e. The highest BCUT2D eigenvalue weighted by Gasteiger charge is 2.27. The number of nitrogens with one attached hydrogen (secondary N) is 1. The zero-order chi connectivity index (χ0) is 24.6. The van der Waals surface area contributed by atoms with Gasteiger partial charge >= 0.3 is 0 Å². The minimum atomic E-state index is -4.07. The maximum absolute atomic E-state index is 13.9. The maximum atomic E-state index is 13.9. The lowest BCUT2D eigenvalue weighted by molar-refractivity contribution is -0.119. The van der Waals surface area contributed by atoms with Crippen molar-refractivity contribution in [1.29, 1.82) is 0 Å². The summed E-state index contributed by atoms with van der Waals surface area (Å²) in [6, 6.07) is 19.9. The molecule has 3 rings (SSSR count). The van der Waals surface area contributed by atoms with Crippen LogP contribution in [0.1, 0.15) is 11.1 Å². The smallest absolute Gasteiger partial charge is 0.264 e. The molecule has 0 heterocycles. The van der Waals surface area contributed by atoms with Crippen molar-refractivity contribution in [3.05, 3.63) is 89.7 Å². The van der Waals surface area contributed by atoms with Crippen molar-refractivity contribution in [3.8, 4) is 0 Å². The Morgan fingerprint density at radius 1 is 1.03 bits per heavy atom. The summed E-state index contributed by atoms with van der Waals surface area (Å²) < 4.78 is 41.5. The van der Waals surface area contributed by atoms with Crippen molar-refractivity contribution in [2.75, 3.05) is 29.4 Å². The van der Waals surface area contributed by atoms with Crippen LogP contribution >= 0.6 is 23.5 Å².